The number of carbonyl (C=O) groups is 1. The Morgan fingerprint density at radius 3 is 2.60 bits per heavy atom. The molecule has 0 aromatic carbocycles. The van der Waals surface area contributed by atoms with E-state index in [9.17, 15) is 4.79 Å². The lowest BCUT2D eigenvalue weighted by Gasteiger charge is -2.25. The van der Waals surface area contributed by atoms with E-state index >= 15 is 0 Å². The van der Waals surface area contributed by atoms with Gasteiger partial charge in [-0.3, -0.25) is 4.79 Å². The van der Waals surface area contributed by atoms with Crippen molar-refractivity contribution in [1.29, 1.82) is 0 Å². The molecule has 0 saturated carbocycles. The SMILES string of the molecule is CCC(C)(CN)C(=O)NCC(C)CSC. The first kappa shape index (κ1) is 14.8. The van der Waals surface area contributed by atoms with Crippen molar-refractivity contribution < 1.29 is 4.79 Å². The van der Waals surface area contributed by atoms with Crippen LogP contribution in [0.1, 0.15) is 27.2 Å². The molecule has 0 fully saturated rings. The number of thioether (sulfide) groups is 1. The predicted octanol–water partition coefficient (Wildman–Crippen LogP) is 1.48. The monoisotopic (exact) mass is 232 g/mol. The summed E-state index contributed by atoms with van der Waals surface area (Å²) >= 11 is 1.80. The maximum atomic E-state index is 11.8. The fourth-order valence-electron chi connectivity index (χ4n) is 1.22. The van der Waals surface area contributed by atoms with E-state index in [4.69, 9.17) is 5.73 Å². The molecule has 2 atom stereocenters. The summed E-state index contributed by atoms with van der Waals surface area (Å²) in [6, 6.07) is 0. The Balaban J connectivity index is 4.02. The molecule has 0 aliphatic rings. The van der Waals surface area contributed by atoms with E-state index in [1.165, 1.54) is 0 Å². The zero-order chi connectivity index (χ0) is 11.9. The molecule has 0 aliphatic heterocycles. The van der Waals surface area contributed by atoms with Crippen LogP contribution in [0.5, 0.6) is 0 Å². The molecule has 0 radical (unpaired) electrons. The van der Waals surface area contributed by atoms with Gasteiger partial charge < -0.3 is 11.1 Å². The van der Waals surface area contributed by atoms with E-state index in [1.54, 1.807) is 11.8 Å². The second-order valence-corrected chi connectivity index (χ2v) is 5.30. The smallest absolute Gasteiger partial charge is 0.227 e. The van der Waals surface area contributed by atoms with Gasteiger partial charge in [-0.25, -0.2) is 0 Å². The molecule has 0 rings (SSSR count). The van der Waals surface area contributed by atoms with E-state index in [0.717, 1.165) is 18.7 Å². The van der Waals surface area contributed by atoms with Crippen LogP contribution >= 0.6 is 11.8 Å². The second kappa shape index (κ2) is 7.12. The molecule has 90 valence electrons. The summed E-state index contributed by atoms with van der Waals surface area (Å²) in [5.74, 6) is 1.68. The number of nitrogens with two attached hydrogens (primary N) is 1. The van der Waals surface area contributed by atoms with Crippen molar-refractivity contribution in [3.63, 3.8) is 0 Å². The Morgan fingerprint density at radius 2 is 2.20 bits per heavy atom. The van der Waals surface area contributed by atoms with Crippen molar-refractivity contribution in [2.45, 2.75) is 27.2 Å². The van der Waals surface area contributed by atoms with Gasteiger partial charge in [-0.2, -0.15) is 11.8 Å². The van der Waals surface area contributed by atoms with Crippen LogP contribution in [0.4, 0.5) is 0 Å². The zero-order valence-corrected chi connectivity index (χ0v) is 11.1. The highest BCUT2D eigenvalue weighted by Crippen LogP contribution is 2.19. The Labute approximate surface area is 97.6 Å². The largest absolute Gasteiger partial charge is 0.355 e. The molecule has 0 aromatic rings. The van der Waals surface area contributed by atoms with E-state index in [-0.39, 0.29) is 5.91 Å². The van der Waals surface area contributed by atoms with Gasteiger partial charge in [0, 0.05) is 13.1 Å². The highest BCUT2D eigenvalue weighted by molar-refractivity contribution is 7.98. The topological polar surface area (TPSA) is 55.1 Å². The van der Waals surface area contributed by atoms with Crippen LogP contribution < -0.4 is 11.1 Å². The molecular formula is C11H24N2OS. The quantitative estimate of drug-likeness (QED) is 0.699. The van der Waals surface area contributed by atoms with Crippen LogP contribution in [0, 0.1) is 11.3 Å². The first-order valence-corrected chi connectivity index (χ1v) is 6.86. The summed E-state index contributed by atoms with van der Waals surface area (Å²) in [7, 11) is 0. The van der Waals surface area contributed by atoms with Gasteiger partial charge in [-0.05, 0) is 31.3 Å². The van der Waals surface area contributed by atoms with Crippen molar-refractivity contribution >= 4 is 17.7 Å². The number of nitrogens with one attached hydrogen (secondary N) is 1. The normalized spacial score (nSPS) is 16.9. The van der Waals surface area contributed by atoms with E-state index in [0.29, 0.717) is 12.5 Å². The summed E-state index contributed by atoms with van der Waals surface area (Å²) in [5.41, 5.74) is 5.21. The van der Waals surface area contributed by atoms with Crippen LogP contribution in [0.3, 0.4) is 0 Å². The average molecular weight is 232 g/mol. The summed E-state index contributed by atoms with van der Waals surface area (Å²) in [6.45, 7) is 7.21. The highest BCUT2D eigenvalue weighted by atomic mass is 32.2. The molecule has 3 N–H and O–H groups in total. The second-order valence-electron chi connectivity index (χ2n) is 4.39. The molecule has 4 heteroatoms. The van der Waals surface area contributed by atoms with Gasteiger partial charge in [0.2, 0.25) is 5.91 Å². The molecule has 15 heavy (non-hydrogen) atoms. The third-order valence-electron chi connectivity index (χ3n) is 2.84. The zero-order valence-electron chi connectivity index (χ0n) is 10.3. The van der Waals surface area contributed by atoms with E-state index < -0.39 is 5.41 Å². The minimum absolute atomic E-state index is 0.0838. The summed E-state index contributed by atoms with van der Waals surface area (Å²) in [5, 5.41) is 2.98. The van der Waals surface area contributed by atoms with Gasteiger partial charge in [-0.1, -0.05) is 13.8 Å². The lowest BCUT2D eigenvalue weighted by atomic mass is 9.86. The maximum Gasteiger partial charge on any atom is 0.227 e. The average Bonchev–Trinajstić information content (AvgIpc) is 2.25. The number of rotatable bonds is 7. The molecule has 1 amide bonds. The van der Waals surface area contributed by atoms with Gasteiger partial charge in [0.25, 0.3) is 0 Å². The first-order chi connectivity index (χ1) is 7.00. The van der Waals surface area contributed by atoms with Crippen molar-refractivity contribution in [2.75, 3.05) is 25.1 Å². The van der Waals surface area contributed by atoms with Gasteiger partial charge in [-0.15, -0.1) is 0 Å². The number of amides is 1. The van der Waals surface area contributed by atoms with Gasteiger partial charge in [0.1, 0.15) is 0 Å². The van der Waals surface area contributed by atoms with Crippen molar-refractivity contribution in [2.24, 2.45) is 17.1 Å². The van der Waals surface area contributed by atoms with Crippen LogP contribution in [0.25, 0.3) is 0 Å². The molecule has 0 aromatic heterocycles. The molecule has 3 nitrogen and oxygen atoms in total. The molecule has 0 aliphatic carbocycles. The number of hydrogen-bond donors (Lipinski definition) is 2. The third kappa shape index (κ3) is 4.89. The van der Waals surface area contributed by atoms with Crippen LogP contribution in [-0.2, 0) is 4.79 Å². The highest BCUT2D eigenvalue weighted by Gasteiger charge is 2.29. The summed E-state index contributed by atoms with van der Waals surface area (Å²) in [6.07, 6.45) is 2.86. The Kier molecular flexibility index (Phi) is 7.02. The predicted molar refractivity (Wildman–Crippen MR) is 68.0 cm³/mol. The first-order valence-electron chi connectivity index (χ1n) is 5.47. The van der Waals surface area contributed by atoms with E-state index in [1.807, 2.05) is 13.8 Å². The maximum absolute atomic E-state index is 11.8. The standard InChI is InChI=1S/C11H24N2OS/c1-5-11(3,8-12)10(14)13-6-9(2)7-15-4/h9H,5-8,12H2,1-4H3,(H,13,14). The van der Waals surface area contributed by atoms with Gasteiger partial charge in [0.15, 0.2) is 0 Å². The fourth-order valence-corrected chi connectivity index (χ4v) is 1.91. The number of carbonyl (C=O) groups excluding carboxylic acids is 1. The molecule has 0 saturated heterocycles. The molecule has 0 heterocycles. The minimum Gasteiger partial charge on any atom is -0.355 e. The summed E-state index contributed by atoms with van der Waals surface area (Å²) in [4.78, 5) is 11.8. The lowest BCUT2D eigenvalue weighted by Crippen LogP contribution is -2.44. The number of hydrogen-bond acceptors (Lipinski definition) is 3. The summed E-state index contributed by atoms with van der Waals surface area (Å²) < 4.78 is 0. The van der Waals surface area contributed by atoms with Crippen LogP contribution in [0.15, 0.2) is 0 Å². The Hall–Kier alpha value is -0.220. The lowest BCUT2D eigenvalue weighted by molar-refractivity contribution is -0.130. The Bertz CT molecular complexity index is 193. The fraction of sp³-hybridized carbons (Fsp3) is 0.909. The molecule has 2 unspecified atom stereocenters. The van der Waals surface area contributed by atoms with Crippen molar-refractivity contribution in [3.8, 4) is 0 Å². The van der Waals surface area contributed by atoms with E-state index in [2.05, 4.69) is 18.5 Å². The van der Waals surface area contributed by atoms with Crippen LogP contribution in [0.2, 0.25) is 0 Å². The molecule has 0 spiro atoms. The van der Waals surface area contributed by atoms with Crippen molar-refractivity contribution in [3.05, 3.63) is 0 Å². The molecule has 0 bridgehead atoms. The third-order valence-corrected chi connectivity index (χ3v) is 3.74. The Morgan fingerprint density at radius 1 is 1.60 bits per heavy atom. The van der Waals surface area contributed by atoms with Crippen molar-refractivity contribution in [1.82, 2.24) is 5.32 Å². The van der Waals surface area contributed by atoms with Gasteiger partial charge in [0.05, 0.1) is 5.41 Å². The van der Waals surface area contributed by atoms with Crippen LogP contribution in [-0.4, -0.2) is 31.0 Å². The van der Waals surface area contributed by atoms with Gasteiger partial charge >= 0.3 is 0 Å². The molecular weight excluding hydrogens is 208 g/mol. The minimum atomic E-state index is -0.404.